The van der Waals surface area contributed by atoms with Gasteiger partial charge in [-0.2, -0.15) is 18.3 Å². The van der Waals surface area contributed by atoms with Crippen molar-refractivity contribution in [3.05, 3.63) is 48.3 Å². The minimum atomic E-state index is -4.38. The first-order valence-corrected chi connectivity index (χ1v) is 4.26. The molecular weight excluding hydrogens is 205 g/mol. The van der Waals surface area contributed by atoms with E-state index in [1.165, 1.54) is 0 Å². The van der Waals surface area contributed by atoms with Crippen molar-refractivity contribution in [2.45, 2.75) is 6.18 Å². The van der Waals surface area contributed by atoms with E-state index in [4.69, 9.17) is 0 Å². The Morgan fingerprint density at radius 1 is 1.00 bits per heavy atom. The summed E-state index contributed by atoms with van der Waals surface area (Å²) in [6.07, 6.45) is -3.25. The van der Waals surface area contributed by atoms with Crippen LogP contribution in [0.2, 0.25) is 0 Å². The fraction of sp³-hybridized carbons (Fsp3) is 0.100. The van der Waals surface area contributed by atoms with E-state index in [2.05, 4.69) is 5.10 Å². The van der Waals surface area contributed by atoms with Crippen LogP contribution in [0.4, 0.5) is 13.2 Å². The van der Waals surface area contributed by atoms with Crippen molar-refractivity contribution < 1.29 is 13.2 Å². The Hall–Kier alpha value is -1.78. The van der Waals surface area contributed by atoms with Crippen molar-refractivity contribution in [2.24, 2.45) is 0 Å². The van der Waals surface area contributed by atoms with E-state index in [9.17, 15) is 13.2 Å². The maximum absolute atomic E-state index is 12.5. The molecular formula is C10H7F3N2. The number of nitrogens with zero attached hydrogens (tertiary/aromatic N) is 2. The Balaban J connectivity index is 2.51. The number of para-hydroxylation sites is 1. The number of hydrogen-bond acceptors (Lipinski definition) is 1. The lowest BCUT2D eigenvalue weighted by molar-refractivity contribution is -0.142. The summed E-state index contributed by atoms with van der Waals surface area (Å²) in [6, 6.07) is 9.16. The molecule has 1 aromatic heterocycles. The minimum Gasteiger partial charge on any atom is -0.229 e. The molecule has 0 aliphatic heterocycles. The lowest BCUT2D eigenvalue weighted by Crippen LogP contribution is -2.12. The van der Waals surface area contributed by atoms with Crippen molar-refractivity contribution in [3.63, 3.8) is 0 Å². The van der Waals surface area contributed by atoms with Gasteiger partial charge >= 0.3 is 6.18 Å². The van der Waals surface area contributed by atoms with Gasteiger partial charge in [0, 0.05) is 0 Å². The minimum absolute atomic E-state index is 0.398. The van der Waals surface area contributed by atoms with Crippen molar-refractivity contribution in [2.75, 3.05) is 0 Å². The molecule has 78 valence electrons. The zero-order valence-electron chi connectivity index (χ0n) is 7.57. The van der Waals surface area contributed by atoms with Crippen LogP contribution in [0.3, 0.4) is 0 Å². The Morgan fingerprint density at radius 3 is 2.27 bits per heavy atom. The molecule has 0 aliphatic carbocycles. The first kappa shape index (κ1) is 9.76. The second-order valence-electron chi connectivity index (χ2n) is 2.96. The highest BCUT2D eigenvalue weighted by atomic mass is 19.4. The molecule has 5 heteroatoms. The zero-order chi connectivity index (χ0) is 10.9. The molecule has 0 bridgehead atoms. The third kappa shape index (κ3) is 1.86. The monoisotopic (exact) mass is 212 g/mol. The molecule has 0 spiro atoms. The third-order valence-electron chi connectivity index (χ3n) is 1.93. The van der Waals surface area contributed by atoms with E-state index >= 15 is 0 Å². The van der Waals surface area contributed by atoms with E-state index in [1.54, 1.807) is 30.3 Å². The second-order valence-corrected chi connectivity index (χ2v) is 2.96. The van der Waals surface area contributed by atoms with Gasteiger partial charge in [-0.15, -0.1) is 0 Å². The molecule has 0 saturated carbocycles. The van der Waals surface area contributed by atoms with Crippen LogP contribution in [0, 0.1) is 0 Å². The quantitative estimate of drug-likeness (QED) is 0.710. The number of aromatic nitrogens is 2. The predicted octanol–water partition coefficient (Wildman–Crippen LogP) is 2.89. The molecule has 2 rings (SSSR count). The van der Waals surface area contributed by atoms with Gasteiger partial charge in [0.1, 0.15) is 5.69 Å². The molecule has 0 amide bonds. The average molecular weight is 212 g/mol. The van der Waals surface area contributed by atoms with E-state index in [0.717, 1.165) is 16.9 Å². The van der Waals surface area contributed by atoms with E-state index in [1.807, 2.05) is 0 Å². The van der Waals surface area contributed by atoms with Crippen LogP contribution in [0.1, 0.15) is 5.69 Å². The topological polar surface area (TPSA) is 17.8 Å². The van der Waals surface area contributed by atoms with Gasteiger partial charge in [0.2, 0.25) is 0 Å². The third-order valence-corrected chi connectivity index (χ3v) is 1.93. The standard InChI is InChI=1S/C10H7F3N2/c11-10(12,13)9-6-7-14-15(9)8-4-2-1-3-5-8/h1-7H. The first-order valence-electron chi connectivity index (χ1n) is 4.26. The summed E-state index contributed by atoms with van der Waals surface area (Å²) in [7, 11) is 0. The smallest absolute Gasteiger partial charge is 0.229 e. The highest BCUT2D eigenvalue weighted by Gasteiger charge is 2.34. The summed E-state index contributed by atoms with van der Waals surface area (Å²) >= 11 is 0. The molecule has 2 aromatic rings. The fourth-order valence-electron chi connectivity index (χ4n) is 1.29. The van der Waals surface area contributed by atoms with Crippen LogP contribution in [0.15, 0.2) is 42.6 Å². The Bertz CT molecular complexity index is 445. The molecule has 0 saturated heterocycles. The molecule has 0 aliphatic rings. The lowest BCUT2D eigenvalue weighted by Gasteiger charge is -2.09. The average Bonchev–Trinajstić information content (AvgIpc) is 2.67. The Kier molecular flexibility index (Phi) is 2.22. The number of halogens is 3. The van der Waals surface area contributed by atoms with Crippen molar-refractivity contribution in [3.8, 4) is 5.69 Å². The van der Waals surface area contributed by atoms with Gasteiger partial charge in [0.15, 0.2) is 0 Å². The van der Waals surface area contributed by atoms with Gasteiger partial charge in [-0.05, 0) is 18.2 Å². The van der Waals surface area contributed by atoms with Crippen LogP contribution in [0.25, 0.3) is 5.69 Å². The molecule has 0 N–H and O–H groups in total. The van der Waals surface area contributed by atoms with Crippen molar-refractivity contribution in [1.82, 2.24) is 9.78 Å². The van der Waals surface area contributed by atoms with E-state index in [0.29, 0.717) is 5.69 Å². The summed E-state index contributed by atoms with van der Waals surface area (Å²) in [5.74, 6) is 0. The number of hydrogen-bond donors (Lipinski definition) is 0. The van der Waals surface area contributed by atoms with Gasteiger partial charge in [0.25, 0.3) is 0 Å². The van der Waals surface area contributed by atoms with Crippen LogP contribution < -0.4 is 0 Å². The maximum atomic E-state index is 12.5. The predicted molar refractivity (Wildman–Crippen MR) is 48.6 cm³/mol. The summed E-state index contributed by atoms with van der Waals surface area (Å²) in [5.41, 5.74) is -0.372. The Morgan fingerprint density at radius 2 is 1.67 bits per heavy atom. The number of benzene rings is 1. The van der Waals surface area contributed by atoms with Gasteiger partial charge in [0.05, 0.1) is 11.9 Å². The normalized spacial score (nSPS) is 11.7. The molecule has 1 heterocycles. The van der Waals surface area contributed by atoms with Crippen molar-refractivity contribution >= 4 is 0 Å². The van der Waals surface area contributed by atoms with Crippen LogP contribution in [-0.4, -0.2) is 9.78 Å². The summed E-state index contributed by atoms with van der Waals surface area (Å²) in [6.45, 7) is 0. The maximum Gasteiger partial charge on any atom is 0.433 e. The SMILES string of the molecule is FC(F)(F)c1ccnn1-c1ccccc1. The second kappa shape index (κ2) is 3.42. The Labute approximate surface area is 84.0 Å². The molecule has 0 atom stereocenters. The van der Waals surface area contributed by atoms with E-state index in [-0.39, 0.29) is 0 Å². The van der Waals surface area contributed by atoms with Crippen molar-refractivity contribution in [1.29, 1.82) is 0 Å². The van der Waals surface area contributed by atoms with Gasteiger partial charge in [-0.25, -0.2) is 4.68 Å². The lowest BCUT2D eigenvalue weighted by atomic mass is 10.3. The zero-order valence-corrected chi connectivity index (χ0v) is 7.57. The van der Waals surface area contributed by atoms with E-state index < -0.39 is 11.9 Å². The van der Waals surface area contributed by atoms with Crippen LogP contribution in [-0.2, 0) is 6.18 Å². The van der Waals surface area contributed by atoms with Gasteiger partial charge < -0.3 is 0 Å². The molecule has 1 aromatic carbocycles. The summed E-state index contributed by atoms with van der Waals surface area (Å²) in [4.78, 5) is 0. The number of alkyl halides is 3. The summed E-state index contributed by atoms with van der Waals surface area (Å²) < 4.78 is 38.4. The van der Waals surface area contributed by atoms with Crippen LogP contribution in [0.5, 0.6) is 0 Å². The first-order chi connectivity index (χ1) is 7.09. The fourth-order valence-corrected chi connectivity index (χ4v) is 1.29. The highest BCUT2D eigenvalue weighted by Crippen LogP contribution is 2.30. The van der Waals surface area contributed by atoms with Crippen LogP contribution >= 0.6 is 0 Å². The molecule has 2 nitrogen and oxygen atoms in total. The molecule has 0 fully saturated rings. The molecule has 0 unspecified atom stereocenters. The van der Waals surface area contributed by atoms with Gasteiger partial charge in [-0.1, -0.05) is 18.2 Å². The number of rotatable bonds is 1. The van der Waals surface area contributed by atoms with Gasteiger partial charge in [-0.3, -0.25) is 0 Å². The molecule has 15 heavy (non-hydrogen) atoms. The highest BCUT2D eigenvalue weighted by molar-refractivity contribution is 5.32. The molecule has 0 radical (unpaired) electrons. The largest absolute Gasteiger partial charge is 0.433 e. The summed E-state index contributed by atoms with van der Waals surface area (Å²) in [5, 5.41) is 3.65.